The van der Waals surface area contributed by atoms with Crippen molar-refractivity contribution in [3.8, 4) is 0 Å². The van der Waals surface area contributed by atoms with E-state index in [0.29, 0.717) is 0 Å². The van der Waals surface area contributed by atoms with Gasteiger partial charge in [0.1, 0.15) is 0 Å². The SMILES string of the molecule is CC(NC(=O)C(C)(C)C(C)(C)N)c1ccc(Cl)s1. The molecule has 0 fully saturated rings. The molecule has 1 aromatic rings. The van der Waals surface area contributed by atoms with Crippen molar-refractivity contribution in [2.75, 3.05) is 0 Å². The molecule has 3 N–H and O–H groups in total. The second-order valence-electron chi connectivity index (χ2n) is 5.68. The topological polar surface area (TPSA) is 55.1 Å². The number of rotatable bonds is 4. The van der Waals surface area contributed by atoms with Gasteiger partial charge in [0.15, 0.2) is 0 Å². The highest BCUT2D eigenvalue weighted by molar-refractivity contribution is 7.16. The molecule has 102 valence electrons. The Labute approximate surface area is 118 Å². The zero-order chi connectivity index (χ0) is 14.1. The normalized spacial score (nSPS) is 14.4. The number of hydrogen-bond donors (Lipinski definition) is 2. The largest absolute Gasteiger partial charge is 0.348 e. The average Bonchev–Trinajstić information content (AvgIpc) is 2.62. The molecule has 1 rings (SSSR count). The fraction of sp³-hybridized carbons (Fsp3) is 0.615. The highest BCUT2D eigenvalue weighted by Gasteiger charge is 2.40. The first-order valence-corrected chi connectivity index (χ1v) is 7.10. The van der Waals surface area contributed by atoms with Crippen LogP contribution in [0.1, 0.15) is 45.5 Å². The van der Waals surface area contributed by atoms with Gasteiger partial charge < -0.3 is 11.1 Å². The Morgan fingerprint density at radius 1 is 1.39 bits per heavy atom. The molecule has 0 spiro atoms. The highest BCUT2D eigenvalue weighted by Crippen LogP contribution is 2.31. The van der Waals surface area contributed by atoms with E-state index < -0.39 is 11.0 Å². The van der Waals surface area contributed by atoms with Gasteiger partial charge in [-0.25, -0.2) is 0 Å². The molecular formula is C13H21ClN2OS. The van der Waals surface area contributed by atoms with Crippen LogP contribution in [-0.4, -0.2) is 11.4 Å². The van der Waals surface area contributed by atoms with Crippen molar-refractivity contribution in [2.45, 2.75) is 46.2 Å². The highest BCUT2D eigenvalue weighted by atomic mass is 35.5. The minimum atomic E-state index is -0.637. The molecule has 1 atom stereocenters. The fourth-order valence-electron chi connectivity index (χ4n) is 1.30. The lowest BCUT2D eigenvalue weighted by atomic mass is 9.74. The lowest BCUT2D eigenvalue weighted by molar-refractivity contribution is -0.132. The first-order valence-electron chi connectivity index (χ1n) is 5.91. The summed E-state index contributed by atoms with van der Waals surface area (Å²) < 4.78 is 0.726. The molecule has 5 heteroatoms. The fourth-order valence-corrected chi connectivity index (χ4v) is 2.37. The van der Waals surface area contributed by atoms with E-state index in [4.69, 9.17) is 17.3 Å². The third kappa shape index (κ3) is 3.25. The molecule has 0 saturated heterocycles. The van der Waals surface area contributed by atoms with Crippen LogP contribution in [0.3, 0.4) is 0 Å². The Kier molecular flexibility index (Phi) is 4.47. The number of amides is 1. The van der Waals surface area contributed by atoms with Crippen LogP contribution in [-0.2, 0) is 4.79 Å². The Morgan fingerprint density at radius 2 is 1.94 bits per heavy atom. The minimum Gasteiger partial charge on any atom is -0.348 e. The Hall–Kier alpha value is -0.580. The summed E-state index contributed by atoms with van der Waals surface area (Å²) in [6.45, 7) is 9.38. The number of carbonyl (C=O) groups is 1. The number of thiophene rings is 1. The van der Waals surface area contributed by atoms with Crippen molar-refractivity contribution < 1.29 is 4.79 Å². The van der Waals surface area contributed by atoms with Gasteiger partial charge in [-0.15, -0.1) is 11.3 Å². The van der Waals surface area contributed by atoms with E-state index in [1.165, 1.54) is 11.3 Å². The van der Waals surface area contributed by atoms with E-state index in [1.54, 1.807) is 0 Å². The second-order valence-corrected chi connectivity index (χ2v) is 7.43. The Balaban J connectivity index is 2.77. The third-order valence-electron chi connectivity index (χ3n) is 3.55. The van der Waals surface area contributed by atoms with E-state index in [1.807, 2.05) is 46.8 Å². The quantitative estimate of drug-likeness (QED) is 0.893. The molecular weight excluding hydrogens is 268 g/mol. The predicted molar refractivity (Wildman–Crippen MR) is 77.9 cm³/mol. The molecule has 0 aromatic carbocycles. The van der Waals surface area contributed by atoms with Crippen LogP contribution in [0.4, 0.5) is 0 Å². The van der Waals surface area contributed by atoms with Crippen LogP contribution in [0.2, 0.25) is 4.34 Å². The molecule has 1 amide bonds. The first kappa shape index (κ1) is 15.5. The van der Waals surface area contributed by atoms with Gasteiger partial charge in [0.05, 0.1) is 15.8 Å². The molecule has 0 radical (unpaired) electrons. The van der Waals surface area contributed by atoms with E-state index in [2.05, 4.69) is 5.32 Å². The standard InChI is InChI=1S/C13H21ClN2OS/c1-8(9-6-7-10(14)18-9)16-11(17)12(2,3)13(4,5)15/h6-8H,15H2,1-5H3,(H,16,17). The van der Waals surface area contributed by atoms with E-state index in [9.17, 15) is 4.79 Å². The molecule has 0 saturated carbocycles. The van der Waals surface area contributed by atoms with Crippen molar-refractivity contribution in [3.63, 3.8) is 0 Å². The number of carbonyl (C=O) groups excluding carboxylic acids is 1. The zero-order valence-corrected chi connectivity index (χ0v) is 13.1. The van der Waals surface area contributed by atoms with E-state index >= 15 is 0 Å². The number of nitrogens with two attached hydrogens (primary N) is 1. The zero-order valence-electron chi connectivity index (χ0n) is 11.5. The summed E-state index contributed by atoms with van der Waals surface area (Å²) in [7, 11) is 0. The van der Waals surface area contributed by atoms with Crippen LogP contribution < -0.4 is 11.1 Å². The molecule has 0 aliphatic heterocycles. The summed E-state index contributed by atoms with van der Waals surface area (Å²) in [6.07, 6.45) is 0. The van der Waals surface area contributed by atoms with E-state index in [-0.39, 0.29) is 11.9 Å². The van der Waals surface area contributed by atoms with Crippen LogP contribution in [0.25, 0.3) is 0 Å². The molecule has 3 nitrogen and oxygen atoms in total. The number of hydrogen-bond acceptors (Lipinski definition) is 3. The monoisotopic (exact) mass is 288 g/mol. The van der Waals surface area contributed by atoms with Crippen molar-refractivity contribution in [1.82, 2.24) is 5.32 Å². The van der Waals surface area contributed by atoms with Crippen molar-refractivity contribution >= 4 is 28.8 Å². The molecule has 18 heavy (non-hydrogen) atoms. The summed E-state index contributed by atoms with van der Waals surface area (Å²) in [4.78, 5) is 13.3. The Morgan fingerprint density at radius 3 is 2.33 bits per heavy atom. The van der Waals surface area contributed by atoms with Crippen LogP contribution in [0.15, 0.2) is 12.1 Å². The summed E-state index contributed by atoms with van der Waals surface area (Å²) in [5, 5.41) is 2.99. The first-order chi connectivity index (χ1) is 8.05. The van der Waals surface area contributed by atoms with Gasteiger partial charge >= 0.3 is 0 Å². The van der Waals surface area contributed by atoms with Crippen LogP contribution >= 0.6 is 22.9 Å². The number of halogens is 1. The third-order valence-corrected chi connectivity index (χ3v) is 4.96. The molecule has 1 unspecified atom stereocenters. The summed E-state index contributed by atoms with van der Waals surface area (Å²) in [5.41, 5.74) is 4.84. The van der Waals surface area contributed by atoms with Gasteiger partial charge in [0, 0.05) is 10.4 Å². The van der Waals surface area contributed by atoms with Crippen molar-refractivity contribution in [3.05, 3.63) is 21.3 Å². The lowest BCUT2D eigenvalue weighted by Crippen LogP contribution is -2.55. The van der Waals surface area contributed by atoms with Gasteiger partial charge in [-0.2, -0.15) is 0 Å². The molecule has 1 aromatic heterocycles. The maximum Gasteiger partial charge on any atom is 0.227 e. The number of nitrogens with one attached hydrogen (secondary N) is 1. The van der Waals surface area contributed by atoms with Gasteiger partial charge in [0.2, 0.25) is 5.91 Å². The summed E-state index contributed by atoms with van der Waals surface area (Å²) >= 11 is 7.36. The maximum absolute atomic E-state index is 12.3. The summed E-state index contributed by atoms with van der Waals surface area (Å²) in [5.74, 6) is -0.0491. The predicted octanol–water partition coefficient (Wildman–Crippen LogP) is 3.34. The van der Waals surface area contributed by atoms with Crippen LogP contribution in [0, 0.1) is 5.41 Å². The second kappa shape index (κ2) is 5.19. The van der Waals surface area contributed by atoms with Crippen molar-refractivity contribution in [1.29, 1.82) is 0 Å². The van der Waals surface area contributed by atoms with Gasteiger partial charge in [-0.05, 0) is 46.8 Å². The molecule has 0 bridgehead atoms. The van der Waals surface area contributed by atoms with Gasteiger partial charge in [0.25, 0.3) is 0 Å². The lowest BCUT2D eigenvalue weighted by Gasteiger charge is -2.37. The van der Waals surface area contributed by atoms with Crippen LogP contribution in [0.5, 0.6) is 0 Å². The van der Waals surface area contributed by atoms with Gasteiger partial charge in [-0.3, -0.25) is 4.79 Å². The molecule has 0 aliphatic carbocycles. The Bertz CT molecular complexity index is 434. The smallest absolute Gasteiger partial charge is 0.227 e. The van der Waals surface area contributed by atoms with Gasteiger partial charge in [-0.1, -0.05) is 11.6 Å². The summed E-state index contributed by atoms with van der Waals surface area (Å²) in [6, 6.07) is 3.71. The minimum absolute atomic E-state index is 0.0491. The molecule has 1 heterocycles. The van der Waals surface area contributed by atoms with Crippen molar-refractivity contribution in [2.24, 2.45) is 11.1 Å². The molecule has 0 aliphatic rings. The average molecular weight is 289 g/mol. The van der Waals surface area contributed by atoms with E-state index in [0.717, 1.165) is 9.21 Å². The maximum atomic E-state index is 12.3.